The summed E-state index contributed by atoms with van der Waals surface area (Å²) in [5, 5.41) is 9.03. The molecule has 3 heterocycles. The van der Waals surface area contributed by atoms with E-state index in [9.17, 15) is 19.2 Å². The van der Waals surface area contributed by atoms with E-state index < -0.39 is 23.5 Å². The molecule has 6 N–H and O–H groups in total. The van der Waals surface area contributed by atoms with Crippen LogP contribution in [0.25, 0.3) is 0 Å². The van der Waals surface area contributed by atoms with Crippen LogP contribution in [0.1, 0.15) is 27.1 Å². The van der Waals surface area contributed by atoms with Crippen LogP contribution in [-0.2, 0) is 14.3 Å². The molecule has 0 spiro atoms. The van der Waals surface area contributed by atoms with Crippen molar-refractivity contribution in [3.8, 4) is 0 Å². The molecule has 2 atom stereocenters. The Balaban J connectivity index is 1.22. The number of aromatic nitrogens is 1. The van der Waals surface area contributed by atoms with Gasteiger partial charge in [0.2, 0.25) is 5.91 Å². The number of ether oxygens (including phenoxy) is 2. The number of nitrogens with two attached hydrogens (primary N) is 1. The van der Waals surface area contributed by atoms with Gasteiger partial charge in [-0.3, -0.25) is 24.2 Å². The number of carbonyl (C=O) groups is 3. The molecule has 2 aliphatic rings. The third kappa shape index (κ3) is 8.50. The molecular weight excluding hydrogens is 554 g/mol. The highest BCUT2D eigenvalue weighted by molar-refractivity contribution is 6.33. The van der Waals surface area contributed by atoms with E-state index in [1.54, 1.807) is 24.3 Å². The first-order valence-electron chi connectivity index (χ1n) is 13.5. The second-order valence-corrected chi connectivity index (χ2v) is 10.4. The van der Waals surface area contributed by atoms with Gasteiger partial charge < -0.3 is 36.1 Å². The van der Waals surface area contributed by atoms with E-state index in [-0.39, 0.29) is 34.9 Å². The SMILES string of the molecule is CO[C@H]1CN(CC(=O)Nc2ccc(C(=O)OCCN3CCNCC3)cc2)CC[C@H]1NC(=O)c1cc(Cl)c(N)[nH]c1=O. The molecule has 222 valence electrons. The molecule has 2 saturated heterocycles. The van der Waals surface area contributed by atoms with Crippen LogP contribution in [0.2, 0.25) is 5.02 Å². The monoisotopic (exact) mass is 589 g/mol. The van der Waals surface area contributed by atoms with Gasteiger partial charge in [-0.2, -0.15) is 0 Å². The number of hydrogen-bond acceptors (Lipinski definition) is 10. The standard InChI is InChI=1S/C27H36ClN7O6/c1-40-22-15-35(9-6-21(22)32-25(37)19-14-20(28)24(29)33-26(19)38)16-23(36)31-18-4-2-17(3-5-18)27(39)41-13-12-34-10-7-30-8-11-34/h2-5,14,21-22,30H,6-13,15-16H2,1H3,(H,31,36)(H,32,37)(H3,29,33,38)/t21-,22+/m1/s1. The van der Waals surface area contributed by atoms with E-state index >= 15 is 0 Å². The number of pyridine rings is 1. The molecule has 0 bridgehead atoms. The summed E-state index contributed by atoms with van der Waals surface area (Å²) in [4.78, 5) is 56.4. The number of piperidine rings is 1. The molecule has 0 unspecified atom stereocenters. The minimum atomic E-state index is -0.636. The Bertz CT molecular complexity index is 1280. The Kier molecular flexibility index (Phi) is 10.7. The molecule has 14 heteroatoms. The molecule has 2 aliphatic heterocycles. The van der Waals surface area contributed by atoms with E-state index in [0.29, 0.717) is 43.9 Å². The number of piperazine rings is 1. The molecule has 0 radical (unpaired) electrons. The third-order valence-corrected chi connectivity index (χ3v) is 7.46. The van der Waals surface area contributed by atoms with Crippen LogP contribution in [0.4, 0.5) is 11.5 Å². The number of nitrogens with one attached hydrogen (secondary N) is 4. The molecule has 2 fully saturated rings. The zero-order chi connectivity index (χ0) is 29.4. The quantitative estimate of drug-likeness (QED) is 0.240. The number of rotatable bonds is 10. The van der Waals surface area contributed by atoms with Gasteiger partial charge in [0.1, 0.15) is 18.0 Å². The second-order valence-electron chi connectivity index (χ2n) is 10.0. The highest BCUT2D eigenvalue weighted by atomic mass is 35.5. The number of H-pyrrole nitrogens is 1. The number of methoxy groups -OCH3 is 1. The molecular formula is C27H36ClN7O6. The van der Waals surface area contributed by atoms with Crippen LogP contribution < -0.4 is 27.2 Å². The van der Waals surface area contributed by atoms with Crippen LogP contribution in [-0.4, -0.2) is 111 Å². The van der Waals surface area contributed by atoms with E-state index in [4.69, 9.17) is 26.8 Å². The molecule has 0 aliphatic carbocycles. The fraction of sp³-hybridized carbons (Fsp3) is 0.481. The highest BCUT2D eigenvalue weighted by Crippen LogP contribution is 2.17. The van der Waals surface area contributed by atoms with Crippen molar-refractivity contribution in [2.75, 3.05) is 77.1 Å². The first-order chi connectivity index (χ1) is 19.7. The number of benzene rings is 1. The molecule has 0 saturated carbocycles. The van der Waals surface area contributed by atoms with Gasteiger partial charge in [-0.25, -0.2) is 4.79 Å². The van der Waals surface area contributed by atoms with Gasteiger partial charge >= 0.3 is 5.97 Å². The summed E-state index contributed by atoms with van der Waals surface area (Å²) in [6.45, 7) is 5.82. The van der Waals surface area contributed by atoms with Crippen molar-refractivity contribution >= 4 is 40.9 Å². The first-order valence-corrected chi connectivity index (χ1v) is 13.9. The Hall–Kier alpha value is -3.49. The predicted octanol–water partition coefficient (Wildman–Crippen LogP) is 0.130. The maximum atomic E-state index is 12.7. The minimum absolute atomic E-state index is 0.00939. The largest absolute Gasteiger partial charge is 0.461 e. The Labute approximate surface area is 242 Å². The van der Waals surface area contributed by atoms with Crippen molar-refractivity contribution in [2.45, 2.75) is 18.6 Å². The lowest BCUT2D eigenvalue weighted by molar-refractivity contribution is -0.118. The van der Waals surface area contributed by atoms with Gasteiger partial charge in [0.05, 0.1) is 29.3 Å². The van der Waals surface area contributed by atoms with Crippen LogP contribution in [0.3, 0.4) is 0 Å². The number of likely N-dealkylation sites (tertiary alicyclic amines) is 1. The zero-order valence-electron chi connectivity index (χ0n) is 22.9. The molecule has 2 amide bonds. The Morgan fingerprint density at radius 3 is 2.56 bits per heavy atom. The molecule has 4 rings (SSSR count). The number of carbonyl (C=O) groups excluding carboxylic acids is 3. The zero-order valence-corrected chi connectivity index (χ0v) is 23.7. The average Bonchev–Trinajstić information content (AvgIpc) is 2.96. The van der Waals surface area contributed by atoms with Crippen LogP contribution in [0, 0.1) is 0 Å². The maximum Gasteiger partial charge on any atom is 0.338 e. The number of anilines is 2. The van der Waals surface area contributed by atoms with Crippen LogP contribution in [0.5, 0.6) is 0 Å². The van der Waals surface area contributed by atoms with Crippen molar-refractivity contribution in [1.82, 2.24) is 25.4 Å². The number of esters is 1. The van der Waals surface area contributed by atoms with E-state index in [1.807, 2.05) is 4.90 Å². The van der Waals surface area contributed by atoms with Gasteiger partial charge in [0, 0.05) is 58.6 Å². The lowest BCUT2D eigenvalue weighted by Crippen LogP contribution is -2.56. The van der Waals surface area contributed by atoms with Crippen molar-refractivity contribution in [2.24, 2.45) is 0 Å². The van der Waals surface area contributed by atoms with Gasteiger partial charge in [0.15, 0.2) is 0 Å². The van der Waals surface area contributed by atoms with Crippen LogP contribution >= 0.6 is 11.6 Å². The number of amides is 2. The van der Waals surface area contributed by atoms with Gasteiger partial charge in [0.25, 0.3) is 11.5 Å². The number of halogens is 1. The summed E-state index contributed by atoms with van der Waals surface area (Å²) < 4.78 is 11.0. The summed E-state index contributed by atoms with van der Waals surface area (Å²) in [7, 11) is 1.53. The average molecular weight is 590 g/mol. The predicted molar refractivity (Wildman–Crippen MR) is 154 cm³/mol. The molecule has 41 heavy (non-hydrogen) atoms. The lowest BCUT2D eigenvalue weighted by Gasteiger charge is -2.37. The Morgan fingerprint density at radius 1 is 1.12 bits per heavy atom. The first kappa shape index (κ1) is 30.5. The molecule has 1 aromatic carbocycles. The van der Waals surface area contributed by atoms with Gasteiger partial charge in [-0.1, -0.05) is 11.6 Å². The van der Waals surface area contributed by atoms with Crippen molar-refractivity contribution in [3.05, 3.63) is 56.8 Å². The topological polar surface area (TPSA) is 171 Å². The van der Waals surface area contributed by atoms with Crippen molar-refractivity contribution < 1.29 is 23.9 Å². The molecule has 2 aromatic rings. The summed E-state index contributed by atoms with van der Waals surface area (Å²) in [6.07, 6.45) is 0.101. The number of nitrogen functional groups attached to an aromatic ring is 1. The maximum absolute atomic E-state index is 12.7. The summed E-state index contributed by atoms with van der Waals surface area (Å²) in [5.41, 5.74) is 5.78. The highest BCUT2D eigenvalue weighted by Gasteiger charge is 2.32. The number of aromatic amines is 1. The van der Waals surface area contributed by atoms with Gasteiger partial charge in [-0.05, 0) is 36.8 Å². The normalized spacial score (nSPS) is 19.9. The Morgan fingerprint density at radius 2 is 1.85 bits per heavy atom. The molecule has 13 nitrogen and oxygen atoms in total. The summed E-state index contributed by atoms with van der Waals surface area (Å²) in [6, 6.07) is 7.43. The smallest absolute Gasteiger partial charge is 0.338 e. The fourth-order valence-corrected chi connectivity index (χ4v) is 5.00. The summed E-state index contributed by atoms with van der Waals surface area (Å²) in [5.74, 6) is -1.22. The second kappa shape index (κ2) is 14.4. The number of hydrogen-bond donors (Lipinski definition) is 5. The minimum Gasteiger partial charge on any atom is -0.461 e. The van der Waals surface area contributed by atoms with Crippen molar-refractivity contribution in [3.63, 3.8) is 0 Å². The third-order valence-electron chi connectivity index (χ3n) is 7.15. The van der Waals surface area contributed by atoms with E-state index in [1.165, 1.54) is 13.2 Å². The summed E-state index contributed by atoms with van der Waals surface area (Å²) >= 11 is 5.95. The fourth-order valence-electron chi connectivity index (χ4n) is 4.84. The molecule has 1 aromatic heterocycles. The number of nitrogens with zero attached hydrogens (tertiary/aromatic N) is 2. The van der Waals surface area contributed by atoms with E-state index in [0.717, 1.165) is 26.2 Å². The van der Waals surface area contributed by atoms with E-state index in [2.05, 4.69) is 25.8 Å². The lowest BCUT2D eigenvalue weighted by atomic mass is 10.0. The van der Waals surface area contributed by atoms with Gasteiger partial charge in [-0.15, -0.1) is 0 Å². The van der Waals surface area contributed by atoms with Crippen LogP contribution in [0.15, 0.2) is 35.1 Å². The van der Waals surface area contributed by atoms with Crippen molar-refractivity contribution in [1.29, 1.82) is 0 Å².